The quantitative estimate of drug-likeness (QED) is 0.828. The minimum absolute atomic E-state index is 0.250. The maximum Gasteiger partial charge on any atom is 0.328 e. The zero-order valence-electron chi connectivity index (χ0n) is 11.3. The number of hydrogen-bond acceptors (Lipinski definition) is 6. The van der Waals surface area contributed by atoms with E-state index in [2.05, 4.69) is 4.98 Å². The highest BCUT2D eigenvalue weighted by molar-refractivity contribution is 5.85. The van der Waals surface area contributed by atoms with E-state index < -0.39 is 6.04 Å². The number of aromatic nitrogens is 2. The van der Waals surface area contributed by atoms with Crippen molar-refractivity contribution >= 4 is 23.0 Å². The molecular weight excluding hydrogens is 262 g/mol. The van der Waals surface area contributed by atoms with Crippen molar-refractivity contribution in [1.82, 2.24) is 9.55 Å². The monoisotopic (exact) mass is 277 g/mol. The van der Waals surface area contributed by atoms with Crippen LogP contribution in [0.3, 0.4) is 0 Å². The van der Waals surface area contributed by atoms with Crippen molar-refractivity contribution in [2.75, 3.05) is 26.1 Å². The summed E-state index contributed by atoms with van der Waals surface area (Å²) in [7, 11) is 1.34. The predicted octanol–water partition coefficient (Wildman–Crippen LogP) is 1.12. The largest absolute Gasteiger partial charge is 0.486 e. The summed E-state index contributed by atoms with van der Waals surface area (Å²) in [6.07, 6.45) is 0. The molecule has 1 unspecified atom stereocenters. The van der Waals surface area contributed by atoms with Crippen LogP contribution in [0.15, 0.2) is 12.1 Å². The van der Waals surface area contributed by atoms with Gasteiger partial charge in [-0.3, -0.25) is 4.57 Å². The van der Waals surface area contributed by atoms with Crippen molar-refractivity contribution in [3.05, 3.63) is 12.1 Å². The van der Waals surface area contributed by atoms with Crippen molar-refractivity contribution in [2.45, 2.75) is 13.0 Å². The minimum Gasteiger partial charge on any atom is -0.486 e. The molecule has 0 radical (unpaired) electrons. The molecule has 7 heteroatoms. The number of nitrogens with zero attached hydrogens (tertiary/aromatic N) is 2. The van der Waals surface area contributed by atoms with Crippen LogP contribution >= 0.6 is 0 Å². The molecule has 0 aliphatic carbocycles. The Hall–Kier alpha value is -2.44. The van der Waals surface area contributed by atoms with E-state index >= 15 is 0 Å². The van der Waals surface area contributed by atoms with Crippen LogP contribution in [0.2, 0.25) is 0 Å². The maximum absolute atomic E-state index is 11.7. The number of carbonyl (C=O) groups is 1. The van der Waals surface area contributed by atoms with Gasteiger partial charge < -0.3 is 19.9 Å². The summed E-state index contributed by atoms with van der Waals surface area (Å²) in [5, 5.41) is 0. The highest BCUT2D eigenvalue weighted by atomic mass is 16.6. The van der Waals surface area contributed by atoms with Gasteiger partial charge in [0.1, 0.15) is 19.3 Å². The van der Waals surface area contributed by atoms with Crippen LogP contribution in [-0.2, 0) is 9.53 Å². The number of methoxy groups -OCH3 is 1. The lowest BCUT2D eigenvalue weighted by molar-refractivity contribution is -0.143. The average molecular weight is 277 g/mol. The van der Waals surface area contributed by atoms with Gasteiger partial charge >= 0.3 is 5.97 Å². The van der Waals surface area contributed by atoms with Gasteiger partial charge in [-0.15, -0.1) is 0 Å². The van der Waals surface area contributed by atoms with E-state index in [1.54, 1.807) is 23.6 Å². The van der Waals surface area contributed by atoms with E-state index in [1.165, 1.54) is 7.11 Å². The third-order valence-corrected chi connectivity index (χ3v) is 3.31. The second-order valence-corrected chi connectivity index (χ2v) is 4.52. The second-order valence-electron chi connectivity index (χ2n) is 4.52. The molecule has 1 aliphatic heterocycles. The summed E-state index contributed by atoms with van der Waals surface area (Å²) in [4.78, 5) is 16.0. The van der Waals surface area contributed by atoms with Crippen LogP contribution in [0.4, 0.5) is 5.95 Å². The Kier molecular flexibility index (Phi) is 2.89. The van der Waals surface area contributed by atoms with E-state index in [1.807, 2.05) is 0 Å². The lowest BCUT2D eigenvalue weighted by atomic mass is 10.2. The Morgan fingerprint density at radius 2 is 2.05 bits per heavy atom. The zero-order valence-corrected chi connectivity index (χ0v) is 11.3. The minimum atomic E-state index is -0.562. The second kappa shape index (κ2) is 4.59. The van der Waals surface area contributed by atoms with Gasteiger partial charge in [0.05, 0.1) is 18.1 Å². The first-order valence-electron chi connectivity index (χ1n) is 6.26. The van der Waals surface area contributed by atoms with Crippen molar-refractivity contribution in [3.8, 4) is 11.5 Å². The predicted molar refractivity (Wildman–Crippen MR) is 71.9 cm³/mol. The van der Waals surface area contributed by atoms with Crippen LogP contribution in [0, 0.1) is 0 Å². The smallest absolute Gasteiger partial charge is 0.328 e. The first kappa shape index (κ1) is 12.6. The van der Waals surface area contributed by atoms with E-state index in [9.17, 15) is 4.79 Å². The van der Waals surface area contributed by atoms with Crippen LogP contribution in [0.5, 0.6) is 11.5 Å². The summed E-state index contributed by atoms with van der Waals surface area (Å²) < 4.78 is 17.4. The highest BCUT2D eigenvalue weighted by Gasteiger charge is 2.23. The highest BCUT2D eigenvalue weighted by Crippen LogP contribution is 2.36. The van der Waals surface area contributed by atoms with Gasteiger partial charge in [0.25, 0.3) is 0 Å². The van der Waals surface area contributed by atoms with E-state index in [0.29, 0.717) is 35.7 Å². The normalized spacial score (nSPS) is 15.1. The van der Waals surface area contributed by atoms with Gasteiger partial charge in [-0.25, -0.2) is 9.78 Å². The Morgan fingerprint density at radius 1 is 1.40 bits per heavy atom. The SMILES string of the molecule is COC(=O)C(C)n1c(N)nc2cc3c(cc21)OCCO3. The van der Waals surface area contributed by atoms with Gasteiger partial charge in [-0.1, -0.05) is 0 Å². The molecule has 20 heavy (non-hydrogen) atoms. The average Bonchev–Trinajstić information content (AvgIpc) is 2.78. The molecule has 0 bridgehead atoms. The Morgan fingerprint density at radius 3 is 2.70 bits per heavy atom. The molecule has 1 atom stereocenters. The number of hydrogen-bond donors (Lipinski definition) is 1. The fourth-order valence-electron chi connectivity index (χ4n) is 2.33. The molecule has 1 aliphatic rings. The summed E-state index contributed by atoms with van der Waals surface area (Å²) in [5.74, 6) is 1.13. The molecule has 2 aromatic rings. The van der Waals surface area contributed by atoms with E-state index in [0.717, 1.165) is 0 Å². The molecular formula is C13H15N3O4. The number of ether oxygens (including phenoxy) is 3. The van der Waals surface area contributed by atoms with Crippen LogP contribution in [0.1, 0.15) is 13.0 Å². The first-order chi connectivity index (χ1) is 9.61. The molecule has 0 fully saturated rings. The summed E-state index contributed by atoms with van der Waals surface area (Å²) >= 11 is 0. The molecule has 2 N–H and O–H groups in total. The molecule has 0 amide bonds. The number of anilines is 1. The number of nitrogens with two attached hydrogens (primary N) is 1. The maximum atomic E-state index is 11.7. The molecule has 7 nitrogen and oxygen atoms in total. The Bertz CT molecular complexity index is 680. The number of esters is 1. The number of nitrogen functional groups attached to an aromatic ring is 1. The van der Waals surface area contributed by atoms with E-state index in [4.69, 9.17) is 19.9 Å². The zero-order chi connectivity index (χ0) is 14.3. The van der Waals surface area contributed by atoms with Gasteiger partial charge in [-0.2, -0.15) is 0 Å². The summed E-state index contributed by atoms with van der Waals surface area (Å²) in [5.41, 5.74) is 7.28. The molecule has 1 aromatic heterocycles. The molecule has 106 valence electrons. The lowest BCUT2D eigenvalue weighted by Crippen LogP contribution is -2.19. The fourth-order valence-corrected chi connectivity index (χ4v) is 2.33. The fraction of sp³-hybridized carbons (Fsp3) is 0.385. The van der Waals surface area contributed by atoms with Crippen LogP contribution in [0.25, 0.3) is 11.0 Å². The summed E-state index contributed by atoms with van der Waals surface area (Å²) in [6.45, 7) is 2.71. The molecule has 0 spiro atoms. The lowest BCUT2D eigenvalue weighted by Gasteiger charge is -2.19. The standard InChI is InChI=1S/C13H15N3O4/c1-7(12(17)18-2)16-9-6-11-10(19-3-4-20-11)5-8(9)15-13(16)14/h5-7H,3-4H2,1-2H3,(H2,14,15). The third-order valence-electron chi connectivity index (χ3n) is 3.31. The van der Waals surface area contributed by atoms with Crippen molar-refractivity contribution < 1.29 is 19.0 Å². The van der Waals surface area contributed by atoms with Gasteiger partial charge in [-0.05, 0) is 6.92 Å². The number of rotatable bonds is 2. The molecule has 0 saturated carbocycles. The van der Waals surface area contributed by atoms with Crippen LogP contribution in [-0.4, -0.2) is 35.8 Å². The van der Waals surface area contributed by atoms with Crippen molar-refractivity contribution in [1.29, 1.82) is 0 Å². The van der Waals surface area contributed by atoms with Gasteiger partial charge in [0, 0.05) is 12.1 Å². The third kappa shape index (κ3) is 1.82. The Labute approximate surface area is 115 Å². The van der Waals surface area contributed by atoms with Crippen LogP contribution < -0.4 is 15.2 Å². The summed E-state index contributed by atoms with van der Waals surface area (Å²) in [6, 6.07) is 2.99. The van der Waals surface area contributed by atoms with Gasteiger partial charge in [0.2, 0.25) is 5.95 Å². The molecule has 3 rings (SSSR count). The first-order valence-corrected chi connectivity index (χ1v) is 6.26. The van der Waals surface area contributed by atoms with Crippen molar-refractivity contribution in [2.24, 2.45) is 0 Å². The molecule has 2 heterocycles. The van der Waals surface area contributed by atoms with Gasteiger partial charge in [0.15, 0.2) is 11.5 Å². The topological polar surface area (TPSA) is 88.6 Å². The Balaban J connectivity index is 2.17. The molecule has 0 saturated heterocycles. The van der Waals surface area contributed by atoms with E-state index in [-0.39, 0.29) is 11.9 Å². The number of benzene rings is 1. The molecule has 1 aromatic carbocycles. The number of fused-ring (bicyclic) bond motifs is 2. The number of imidazole rings is 1. The number of carbonyl (C=O) groups excluding carboxylic acids is 1. The van der Waals surface area contributed by atoms with Crippen molar-refractivity contribution in [3.63, 3.8) is 0 Å².